The molecule has 0 fully saturated rings. The average Bonchev–Trinajstić information content (AvgIpc) is 2.30. The molecule has 4 heteroatoms. The van der Waals surface area contributed by atoms with Crippen LogP contribution in [0.1, 0.15) is 0 Å². The lowest BCUT2D eigenvalue weighted by molar-refractivity contribution is 0.579. The predicted molar refractivity (Wildman–Crippen MR) is 72.7 cm³/mol. The first kappa shape index (κ1) is 10.7. The molecular formula is C13H6FIO2. The summed E-state index contributed by atoms with van der Waals surface area (Å²) < 4.78 is 20.0. The average molecular weight is 340 g/mol. The lowest BCUT2D eigenvalue weighted by Gasteiger charge is -2.02. The van der Waals surface area contributed by atoms with E-state index in [-0.39, 0.29) is 16.4 Å². The standard InChI is InChI=1S/C13H6FIO2/c14-10-3-1-2-9-12(16)8-5-4-7(15)6-11(8)17-13(9)10/h1-6H. The van der Waals surface area contributed by atoms with Crippen molar-refractivity contribution in [3.63, 3.8) is 0 Å². The van der Waals surface area contributed by atoms with Crippen LogP contribution in [0.4, 0.5) is 4.39 Å². The maximum atomic E-state index is 13.6. The van der Waals surface area contributed by atoms with Crippen LogP contribution in [0.15, 0.2) is 45.6 Å². The molecule has 84 valence electrons. The fourth-order valence-corrected chi connectivity index (χ4v) is 2.28. The Hall–Kier alpha value is -1.43. The molecule has 0 aliphatic carbocycles. The monoisotopic (exact) mass is 340 g/mol. The first-order valence-corrected chi connectivity index (χ1v) is 6.05. The van der Waals surface area contributed by atoms with Crippen LogP contribution < -0.4 is 5.43 Å². The highest BCUT2D eigenvalue weighted by Crippen LogP contribution is 2.22. The summed E-state index contributed by atoms with van der Waals surface area (Å²) in [5.41, 5.74) is 0.239. The summed E-state index contributed by atoms with van der Waals surface area (Å²) >= 11 is 2.12. The second-order valence-electron chi connectivity index (χ2n) is 3.69. The molecule has 3 rings (SSSR count). The highest BCUT2D eigenvalue weighted by atomic mass is 127. The molecule has 0 spiro atoms. The Morgan fingerprint density at radius 2 is 1.94 bits per heavy atom. The minimum atomic E-state index is -0.514. The van der Waals surface area contributed by atoms with E-state index >= 15 is 0 Å². The molecule has 1 aromatic heterocycles. The molecular weight excluding hydrogens is 334 g/mol. The van der Waals surface area contributed by atoms with Crippen molar-refractivity contribution in [3.8, 4) is 0 Å². The molecule has 0 N–H and O–H groups in total. The molecule has 0 saturated carbocycles. The van der Waals surface area contributed by atoms with Crippen molar-refractivity contribution in [3.05, 3.63) is 56.0 Å². The maximum absolute atomic E-state index is 13.6. The first-order valence-electron chi connectivity index (χ1n) is 4.97. The molecule has 0 aliphatic heterocycles. The number of hydrogen-bond donors (Lipinski definition) is 0. The van der Waals surface area contributed by atoms with Gasteiger partial charge in [-0.2, -0.15) is 0 Å². The van der Waals surface area contributed by atoms with Gasteiger partial charge in [-0.3, -0.25) is 4.79 Å². The van der Waals surface area contributed by atoms with E-state index in [1.807, 2.05) is 6.07 Å². The molecule has 2 nitrogen and oxygen atoms in total. The van der Waals surface area contributed by atoms with Gasteiger partial charge in [-0.15, -0.1) is 0 Å². The zero-order chi connectivity index (χ0) is 12.0. The van der Waals surface area contributed by atoms with Crippen LogP contribution in [0.5, 0.6) is 0 Å². The normalized spacial score (nSPS) is 11.2. The van der Waals surface area contributed by atoms with Gasteiger partial charge in [-0.05, 0) is 52.9 Å². The van der Waals surface area contributed by atoms with Crippen LogP contribution in [0.25, 0.3) is 21.9 Å². The molecule has 0 saturated heterocycles. The van der Waals surface area contributed by atoms with Crippen molar-refractivity contribution in [1.29, 1.82) is 0 Å². The molecule has 0 radical (unpaired) electrons. The molecule has 2 aromatic carbocycles. The highest BCUT2D eigenvalue weighted by molar-refractivity contribution is 14.1. The zero-order valence-electron chi connectivity index (χ0n) is 8.54. The van der Waals surface area contributed by atoms with Gasteiger partial charge in [0, 0.05) is 3.57 Å². The second kappa shape index (κ2) is 3.80. The Kier molecular flexibility index (Phi) is 2.39. The number of fused-ring (bicyclic) bond motifs is 2. The molecule has 0 unspecified atom stereocenters. The van der Waals surface area contributed by atoms with Crippen molar-refractivity contribution in [2.45, 2.75) is 0 Å². The Bertz CT molecular complexity index is 792. The van der Waals surface area contributed by atoms with Crippen molar-refractivity contribution in [1.82, 2.24) is 0 Å². The SMILES string of the molecule is O=c1c2ccc(I)cc2oc2c(F)cccc12. The van der Waals surface area contributed by atoms with Crippen LogP contribution in [0.3, 0.4) is 0 Å². The van der Waals surface area contributed by atoms with Gasteiger partial charge in [-0.25, -0.2) is 4.39 Å². The second-order valence-corrected chi connectivity index (χ2v) is 4.93. The van der Waals surface area contributed by atoms with Crippen molar-refractivity contribution < 1.29 is 8.81 Å². The third-order valence-electron chi connectivity index (χ3n) is 2.61. The Morgan fingerprint density at radius 1 is 1.12 bits per heavy atom. The van der Waals surface area contributed by atoms with Gasteiger partial charge in [0.15, 0.2) is 11.4 Å². The summed E-state index contributed by atoms with van der Waals surface area (Å²) in [4.78, 5) is 12.1. The molecule has 0 aliphatic rings. The van der Waals surface area contributed by atoms with Gasteiger partial charge in [0.05, 0.1) is 10.8 Å². The number of rotatable bonds is 0. The van der Waals surface area contributed by atoms with Crippen LogP contribution >= 0.6 is 22.6 Å². The number of benzene rings is 2. The lowest BCUT2D eigenvalue weighted by Crippen LogP contribution is -2.02. The Balaban J connectivity index is 2.62. The van der Waals surface area contributed by atoms with E-state index in [1.165, 1.54) is 12.1 Å². The summed E-state index contributed by atoms with van der Waals surface area (Å²) in [6, 6.07) is 9.61. The summed E-state index contributed by atoms with van der Waals surface area (Å²) in [6.45, 7) is 0. The van der Waals surface area contributed by atoms with E-state index in [1.54, 1.807) is 18.2 Å². The van der Waals surface area contributed by atoms with Gasteiger partial charge in [-0.1, -0.05) is 6.07 Å². The lowest BCUT2D eigenvalue weighted by atomic mass is 10.1. The van der Waals surface area contributed by atoms with Crippen molar-refractivity contribution in [2.75, 3.05) is 0 Å². The van der Waals surface area contributed by atoms with Crippen LogP contribution in [-0.4, -0.2) is 0 Å². The third-order valence-corrected chi connectivity index (χ3v) is 3.28. The van der Waals surface area contributed by atoms with Gasteiger partial charge in [0.1, 0.15) is 5.58 Å². The number of hydrogen-bond acceptors (Lipinski definition) is 2. The maximum Gasteiger partial charge on any atom is 0.200 e. The van der Waals surface area contributed by atoms with Gasteiger partial charge >= 0.3 is 0 Å². The van der Waals surface area contributed by atoms with Crippen molar-refractivity contribution in [2.24, 2.45) is 0 Å². The minimum Gasteiger partial charge on any atom is -0.453 e. The molecule has 17 heavy (non-hydrogen) atoms. The van der Waals surface area contributed by atoms with E-state index in [0.717, 1.165) is 3.57 Å². The topological polar surface area (TPSA) is 30.2 Å². The van der Waals surface area contributed by atoms with Crippen LogP contribution in [0, 0.1) is 9.39 Å². The van der Waals surface area contributed by atoms with Gasteiger partial charge in [0.2, 0.25) is 5.43 Å². The minimum absolute atomic E-state index is 0.0204. The predicted octanol–water partition coefficient (Wildman–Crippen LogP) is 3.69. The van der Waals surface area contributed by atoms with Crippen molar-refractivity contribution >= 4 is 44.5 Å². The number of para-hydroxylation sites is 1. The van der Waals surface area contributed by atoms with Crippen LogP contribution in [-0.2, 0) is 0 Å². The number of halogens is 2. The summed E-state index contributed by atoms with van der Waals surface area (Å²) in [7, 11) is 0. The van der Waals surface area contributed by atoms with Crippen LogP contribution in [0.2, 0.25) is 0 Å². The summed E-state index contributed by atoms with van der Waals surface area (Å²) in [5.74, 6) is -0.514. The molecule has 3 aromatic rings. The van der Waals surface area contributed by atoms with Gasteiger partial charge in [0.25, 0.3) is 0 Å². The first-order chi connectivity index (χ1) is 8.16. The highest BCUT2D eigenvalue weighted by Gasteiger charge is 2.10. The molecule has 1 heterocycles. The summed E-state index contributed by atoms with van der Waals surface area (Å²) in [6.07, 6.45) is 0. The van der Waals surface area contributed by atoms with E-state index in [4.69, 9.17) is 4.42 Å². The fraction of sp³-hybridized carbons (Fsp3) is 0. The zero-order valence-corrected chi connectivity index (χ0v) is 10.7. The van der Waals surface area contributed by atoms with E-state index in [0.29, 0.717) is 11.0 Å². The smallest absolute Gasteiger partial charge is 0.200 e. The van der Waals surface area contributed by atoms with E-state index < -0.39 is 5.82 Å². The fourth-order valence-electron chi connectivity index (χ4n) is 1.81. The summed E-state index contributed by atoms with van der Waals surface area (Å²) in [5, 5.41) is 0.752. The Labute approximate surface area is 109 Å². The third kappa shape index (κ3) is 1.63. The quantitative estimate of drug-likeness (QED) is 0.462. The molecule has 0 bridgehead atoms. The van der Waals surface area contributed by atoms with E-state index in [2.05, 4.69) is 22.6 Å². The molecule has 0 atom stereocenters. The van der Waals surface area contributed by atoms with E-state index in [9.17, 15) is 9.18 Å². The molecule has 0 amide bonds. The van der Waals surface area contributed by atoms with Gasteiger partial charge < -0.3 is 4.42 Å². The Morgan fingerprint density at radius 3 is 2.76 bits per heavy atom. The largest absolute Gasteiger partial charge is 0.453 e.